The van der Waals surface area contributed by atoms with E-state index in [0.717, 1.165) is 25.9 Å². The Morgan fingerprint density at radius 2 is 1.83 bits per heavy atom. The van der Waals surface area contributed by atoms with Crippen LogP contribution in [-0.2, 0) is 4.79 Å². The van der Waals surface area contributed by atoms with Crippen molar-refractivity contribution in [2.45, 2.75) is 43.7 Å². The summed E-state index contributed by atoms with van der Waals surface area (Å²) in [5, 5.41) is 6.06. The van der Waals surface area contributed by atoms with Crippen LogP contribution in [0.5, 0.6) is 0 Å². The summed E-state index contributed by atoms with van der Waals surface area (Å²) in [6.07, 6.45) is 4.53. The first-order chi connectivity index (χ1) is 11.8. The maximum absolute atomic E-state index is 13.1. The van der Waals surface area contributed by atoms with E-state index in [0.29, 0.717) is 23.9 Å². The third-order valence-electron chi connectivity index (χ3n) is 6.22. The minimum Gasteiger partial charge on any atom is -0.335 e. The van der Waals surface area contributed by atoms with E-state index in [-0.39, 0.29) is 5.92 Å². The summed E-state index contributed by atoms with van der Waals surface area (Å²) in [4.78, 5) is 15.4. The average molecular weight is 320 g/mol. The molecule has 2 heterocycles. The van der Waals surface area contributed by atoms with Gasteiger partial charge in [0.1, 0.15) is 0 Å². The summed E-state index contributed by atoms with van der Waals surface area (Å²) >= 11 is 0. The maximum atomic E-state index is 13.1. The number of fused-ring (bicyclic) bond motifs is 3. The van der Waals surface area contributed by atoms with Crippen LogP contribution < -0.4 is 5.32 Å². The van der Waals surface area contributed by atoms with Crippen LogP contribution in [0.3, 0.4) is 0 Å². The zero-order chi connectivity index (χ0) is 16.1. The molecule has 2 saturated heterocycles. The molecule has 1 saturated carbocycles. The Morgan fingerprint density at radius 1 is 1.00 bits per heavy atom. The minimum atomic E-state index is 0.215. The second-order valence-corrected chi connectivity index (χ2v) is 7.68. The van der Waals surface area contributed by atoms with Crippen molar-refractivity contribution in [1.82, 2.24) is 10.2 Å². The molecule has 24 heavy (non-hydrogen) atoms. The average Bonchev–Trinajstić information content (AvgIpc) is 3.33. The summed E-state index contributed by atoms with van der Waals surface area (Å²) in [6.45, 7) is 2.04. The number of carbonyl (C=O) groups excluding carboxylic acids is 1. The molecule has 1 N–H and O–H groups in total. The molecule has 1 amide bonds. The molecule has 2 aromatic rings. The monoisotopic (exact) mass is 320 g/mol. The molecule has 3 nitrogen and oxygen atoms in total. The summed E-state index contributed by atoms with van der Waals surface area (Å²) < 4.78 is 0. The third kappa shape index (κ3) is 2.34. The van der Waals surface area contributed by atoms with Crippen molar-refractivity contribution in [3.8, 4) is 0 Å². The molecule has 0 radical (unpaired) electrons. The summed E-state index contributed by atoms with van der Waals surface area (Å²) in [7, 11) is 0. The van der Waals surface area contributed by atoms with E-state index < -0.39 is 0 Å². The largest absolute Gasteiger partial charge is 0.335 e. The lowest BCUT2D eigenvalue weighted by Gasteiger charge is -2.28. The SMILES string of the molecule is O=C(C1CC1c1ccc2ccccc2c1)N1C2CCNCC1CC2. The van der Waals surface area contributed by atoms with E-state index in [1.807, 2.05) is 0 Å². The number of amides is 1. The lowest BCUT2D eigenvalue weighted by atomic mass is 10.0. The number of carbonyl (C=O) groups is 1. The molecule has 124 valence electrons. The van der Waals surface area contributed by atoms with Crippen LogP contribution in [0.2, 0.25) is 0 Å². The Morgan fingerprint density at radius 3 is 2.75 bits per heavy atom. The highest BCUT2D eigenvalue weighted by Crippen LogP contribution is 2.50. The van der Waals surface area contributed by atoms with Gasteiger partial charge in [-0.25, -0.2) is 0 Å². The Labute approximate surface area is 143 Å². The molecule has 4 unspecified atom stereocenters. The van der Waals surface area contributed by atoms with Crippen molar-refractivity contribution in [1.29, 1.82) is 0 Å². The van der Waals surface area contributed by atoms with Gasteiger partial charge in [-0.3, -0.25) is 4.79 Å². The Kier molecular flexibility index (Phi) is 3.37. The molecule has 0 aromatic heterocycles. The molecule has 1 aliphatic carbocycles. The molecule has 3 fully saturated rings. The van der Waals surface area contributed by atoms with Crippen LogP contribution in [0.4, 0.5) is 0 Å². The van der Waals surface area contributed by atoms with Gasteiger partial charge in [-0.1, -0.05) is 42.5 Å². The van der Waals surface area contributed by atoms with Gasteiger partial charge in [0.15, 0.2) is 0 Å². The van der Waals surface area contributed by atoms with Gasteiger partial charge in [0, 0.05) is 24.5 Å². The molecular weight excluding hydrogens is 296 g/mol. The fourth-order valence-corrected chi connectivity index (χ4v) is 4.81. The van der Waals surface area contributed by atoms with E-state index in [2.05, 4.69) is 52.7 Å². The fraction of sp³-hybridized carbons (Fsp3) is 0.476. The number of hydrogen-bond acceptors (Lipinski definition) is 2. The predicted molar refractivity (Wildman–Crippen MR) is 95.9 cm³/mol. The maximum Gasteiger partial charge on any atom is 0.226 e. The highest BCUT2D eigenvalue weighted by atomic mass is 16.2. The first kappa shape index (κ1) is 14.5. The minimum absolute atomic E-state index is 0.215. The molecule has 3 aliphatic rings. The molecule has 2 aliphatic heterocycles. The quantitative estimate of drug-likeness (QED) is 0.921. The van der Waals surface area contributed by atoms with Gasteiger partial charge < -0.3 is 10.2 Å². The van der Waals surface area contributed by atoms with Crippen LogP contribution in [-0.4, -0.2) is 36.0 Å². The highest BCUT2D eigenvalue weighted by molar-refractivity contribution is 5.86. The van der Waals surface area contributed by atoms with Gasteiger partial charge in [-0.2, -0.15) is 0 Å². The summed E-state index contributed by atoms with van der Waals surface area (Å²) in [5.74, 6) is 1.06. The standard InChI is InChI=1S/C21H24N2O/c24-21(23-17-7-8-18(23)13-22-10-9-17)20-12-19(20)16-6-5-14-3-1-2-4-15(14)11-16/h1-6,11,17-20,22H,7-10,12-13H2. The normalized spacial score (nSPS) is 31.9. The second-order valence-electron chi connectivity index (χ2n) is 7.68. The number of hydrogen-bond donors (Lipinski definition) is 1. The smallest absolute Gasteiger partial charge is 0.226 e. The Bertz CT molecular complexity index is 772. The number of benzene rings is 2. The van der Waals surface area contributed by atoms with Crippen LogP contribution >= 0.6 is 0 Å². The first-order valence-electron chi connectivity index (χ1n) is 9.33. The Balaban J connectivity index is 1.36. The molecular formula is C21H24N2O. The van der Waals surface area contributed by atoms with Crippen LogP contribution in [0.15, 0.2) is 42.5 Å². The lowest BCUT2D eigenvalue weighted by molar-refractivity contribution is -0.135. The van der Waals surface area contributed by atoms with E-state index in [9.17, 15) is 4.79 Å². The third-order valence-corrected chi connectivity index (χ3v) is 6.22. The van der Waals surface area contributed by atoms with Crippen molar-refractivity contribution >= 4 is 16.7 Å². The molecule has 2 bridgehead atoms. The van der Waals surface area contributed by atoms with E-state index >= 15 is 0 Å². The van der Waals surface area contributed by atoms with Crippen molar-refractivity contribution in [2.75, 3.05) is 13.1 Å². The number of rotatable bonds is 2. The topological polar surface area (TPSA) is 32.3 Å². The van der Waals surface area contributed by atoms with Gasteiger partial charge in [-0.05, 0) is 54.5 Å². The van der Waals surface area contributed by atoms with Crippen LogP contribution in [0.25, 0.3) is 10.8 Å². The van der Waals surface area contributed by atoms with E-state index in [1.54, 1.807) is 0 Å². The summed E-state index contributed by atoms with van der Waals surface area (Å²) in [5.41, 5.74) is 1.34. The van der Waals surface area contributed by atoms with Crippen molar-refractivity contribution in [3.05, 3.63) is 48.0 Å². The predicted octanol–water partition coefficient (Wildman–Crippen LogP) is 3.30. The fourth-order valence-electron chi connectivity index (χ4n) is 4.81. The number of nitrogens with one attached hydrogen (secondary N) is 1. The van der Waals surface area contributed by atoms with Crippen molar-refractivity contribution < 1.29 is 4.79 Å². The highest BCUT2D eigenvalue weighted by Gasteiger charge is 2.49. The van der Waals surface area contributed by atoms with E-state index in [1.165, 1.54) is 29.2 Å². The van der Waals surface area contributed by atoms with Gasteiger partial charge in [0.25, 0.3) is 0 Å². The zero-order valence-electron chi connectivity index (χ0n) is 13.9. The van der Waals surface area contributed by atoms with E-state index in [4.69, 9.17) is 0 Å². The lowest BCUT2D eigenvalue weighted by Crippen LogP contribution is -2.43. The van der Waals surface area contributed by atoms with Gasteiger partial charge in [0.05, 0.1) is 0 Å². The van der Waals surface area contributed by atoms with Gasteiger partial charge >= 0.3 is 0 Å². The molecule has 3 heteroatoms. The molecule has 4 atom stereocenters. The van der Waals surface area contributed by atoms with Gasteiger partial charge in [-0.15, -0.1) is 0 Å². The molecule has 0 spiro atoms. The first-order valence-corrected chi connectivity index (χ1v) is 9.33. The molecule has 2 aromatic carbocycles. The van der Waals surface area contributed by atoms with Crippen molar-refractivity contribution in [3.63, 3.8) is 0 Å². The summed E-state index contributed by atoms with van der Waals surface area (Å²) in [6, 6.07) is 16.1. The van der Waals surface area contributed by atoms with Crippen molar-refractivity contribution in [2.24, 2.45) is 5.92 Å². The van der Waals surface area contributed by atoms with Gasteiger partial charge in [0.2, 0.25) is 5.91 Å². The number of nitrogens with zero attached hydrogens (tertiary/aromatic N) is 1. The zero-order valence-corrected chi connectivity index (χ0v) is 13.9. The second kappa shape index (κ2) is 5.59. The van der Waals surface area contributed by atoms with Crippen LogP contribution in [0.1, 0.15) is 37.2 Å². The Hall–Kier alpha value is -1.87. The van der Waals surface area contributed by atoms with Crippen LogP contribution in [0, 0.1) is 5.92 Å². The molecule has 5 rings (SSSR count).